The molecule has 0 radical (unpaired) electrons. The maximum Gasteiger partial charge on any atom is 0.336 e. The molecule has 0 atom stereocenters. The van der Waals surface area contributed by atoms with Gasteiger partial charge >= 0.3 is 5.97 Å². The summed E-state index contributed by atoms with van der Waals surface area (Å²) in [4.78, 5) is 27.7. The highest BCUT2D eigenvalue weighted by Gasteiger charge is 2.27. The zero-order valence-corrected chi connectivity index (χ0v) is 27.9. The van der Waals surface area contributed by atoms with E-state index < -0.39 is 5.97 Å². The van der Waals surface area contributed by atoms with Crippen molar-refractivity contribution in [1.29, 1.82) is 0 Å². The Hall–Kier alpha value is -6.34. The lowest BCUT2D eigenvalue weighted by molar-refractivity contribution is 0.0698. The average Bonchev–Trinajstić information content (AvgIpc) is 3.58. The van der Waals surface area contributed by atoms with E-state index in [9.17, 15) is 9.90 Å². The third-order valence-corrected chi connectivity index (χ3v) is 9.99. The van der Waals surface area contributed by atoms with Gasteiger partial charge in [0.05, 0.1) is 33.3 Å². The number of para-hydroxylation sites is 1. The summed E-state index contributed by atoms with van der Waals surface area (Å²) in [6, 6.07) is 41.9. The van der Waals surface area contributed by atoms with Gasteiger partial charge in [-0.1, -0.05) is 79.9 Å². The van der Waals surface area contributed by atoms with Crippen LogP contribution in [0.15, 0.2) is 134 Å². The number of fused-ring (bicyclic) bond motifs is 3. The van der Waals surface area contributed by atoms with Crippen molar-refractivity contribution < 1.29 is 14.6 Å². The Morgan fingerprint density at radius 2 is 1.47 bits per heavy atom. The van der Waals surface area contributed by atoms with Gasteiger partial charge < -0.3 is 14.4 Å². The number of hydrogen-bond acceptors (Lipinski definition) is 5. The fraction of sp³-hybridized carbons (Fsp3) is 0.136. The van der Waals surface area contributed by atoms with Gasteiger partial charge in [-0.05, 0) is 79.1 Å². The first-order valence-corrected chi connectivity index (χ1v) is 17.5. The molecule has 5 aromatic carbocycles. The molecule has 0 saturated heterocycles. The van der Waals surface area contributed by atoms with Gasteiger partial charge in [0.2, 0.25) is 0 Å². The van der Waals surface area contributed by atoms with E-state index in [1.54, 1.807) is 12.3 Å². The molecule has 1 N–H and O–H groups in total. The second-order valence-corrected chi connectivity index (χ2v) is 13.2. The number of benzene rings is 5. The maximum atomic E-state index is 12.8. The molecule has 1 saturated carbocycles. The lowest BCUT2D eigenvalue weighted by Gasteiger charge is -2.26. The molecule has 0 unspecified atom stereocenters. The summed E-state index contributed by atoms with van der Waals surface area (Å²) in [6.45, 7) is 0. The van der Waals surface area contributed by atoms with Gasteiger partial charge in [0, 0.05) is 45.8 Å². The van der Waals surface area contributed by atoms with Crippen LogP contribution in [0.25, 0.3) is 66.6 Å². The Morgan fingerprint density at radius 3 is 2.27 bits per heavy atom. The van der Waals surface area contributed by atoms with Crippen LogP contribution in [0.4, 0.5) is 0 Å². The first-order valence-electron chi connectivity index (χ1n) is 17.5. The molecule has 9 rings (SSSR count). The predicted octanol–water partition coefficient (Wildman–Crippen LogP) is 11.1. The first kappa shape index (κ1) is 30.7. The molecule has 7 heteroatoms. The van der Waals surface area contributed by atoms with Crippen molar-refractivity contribution in [2.75, 3.05) is 0 Å². The summed E-state index contributed by atoms with van der Waals surface area (Å²) >= 11 is 0. The molecule has 0 bridgehead atoms. The minimum absolute atomic E-state index is 0.222. The average molecular weight is 667 g/mol. The van der Waals surface area contributed by atoms with Crippen LogP contribution in [-0.4, -0.2) is 30.6 Å². The Kier molecular flexibility index (Phi) is 7.73. The van der Waals surface area contributed by atoms with Gasteiger partial charge in [0.25, 0.3) is 0 Å². The van der Waals surface area contributed by atoms with Crippen molar-refractivity contribution in [2.24, 2.45) is 0 Å². The fourth-order valence-electron chi connectivity index (χ4n) is 7.57. The number of nitrogens with zero attached hydrogens (tertiary/aromatic N) is 4. The van der Waals surface area contributed by atoms with Crippen LogP contribution >= 0.6 is 0 Å². The molecular weight excluding hydrogens is 633 g/mol. The van der Waals surface area contributed by atoms with Gasteiger partial charge in [-0.3, -0.25) is 4.98 Å². The quantitative estimate of drug-likeness (QED) is 0.182. The molecule has 51 heavy (non-hydrogen) atoms. The summed E-state index contributed by atoms with van der Waals surface area (Å²) < 4.78 is 8.92. The smallest absolute Gasteiger partial charge is 0.336 e. The van der Waals surface area contributed by atoms with E-state index in [0.717, 1.165) is 87.0 Å². The second-order valence-electron chi connectivity index (χ2n) is 13.2. The summed E-state index contributed by atoms with van der Waals surface area (Å²) in [7, 11) is 0. The Balaban J connectivity index is 1.28. The summed E-state index contributed by atoms with van der Waals surface area (Å²) in [6.07, 6.45) is 7.33. The highest BCUT2D eigenvalue weighted by Crippen LogP contribution is 2.42. The monoisotopic (exact) mass is 666 g/mol. The van der Waals surface area contributed by atoms with Crippen molar-refractivity contribution in [3.63, 3.8) is 0 Å². The van der Waals surface area contributed by atoms with Crippen molar-refractivity contribution in [2.45, 2.75) is 38.1 Å². The molecule has 8 aromatic rings. The van der Waals surface area contributed by atoms with Crippen LogP contribution in [0.3, 0.4) is 0 Å². The molecule has 1 aliphatic carbocycles. The number of aromatic carboxylic acids is 1. The second kappa shape index (κ2) is 12.8. The minimum atomic E-state index is -0.986. The highest BCUT2D eigenvalue weighted by atomic mass is 16.5. The number of aromatic nitrogens is 4. The SMILES string of the molecule is O=C(O)c1ccc2c(nc(-c3ccc4nc(-c5ccccc5)cc(Oc5ccccc5)c4c3)n2C2CCCCC2)c1-c1ccc2ncccc2c1. The largest absolute Gasteiger partial charge is 0.478 e. The van der Waals surface area contributed by atoms with Crippen LogP contribution in [-0.2, 0) is 0 Å². The highest BCUT2D eigenvalue weighted by molar-refractivity contribution is 6.07. The third-order valence-electron chi connectivity index (χ3n) is 9.99. The molecule has 3 aromatic heterocycles. The Labute approximate surface area is 294 Å². The molecule has 7 nitrogen and oxygen atoms in total. The summed E-state index contributed by atoms with van der Waals surface area (Å²) in [5, 5.41) is 12.3. The molecule has 248 valence electrons. The van der Waals surface area contributed by atoms with Gasteiger partial charge in [0.1, 0.15) is 17.3 Å². The molecule has 3 heterocycles. The number of imidazole rings is 1. The van der Waals surface area contributed by atoms with Gasteiger partial charge in [-0.2, -0.15) is 0 Å². The lowest BCUT2D eigenvalue weighted by atomic mass is 9.94. The minimum Gasteiger partial charge on any atom is -0.478 e. The van der Waals surface area contributed by atoms with Crippen LogP contribution in [0, 0.1) is 0 Å². The van der Waals surface area contributed by atoms with Crippen LogP contribution in [0.1, 0.15) is 48.5 Å². The fourth-order valence-corrected chi connectivity index (χ4v) is 7.57. The predicted molar refractivity (Wildman–Crippen MR) is 202 cm³/mol. The van der Waals surface area contributed by atoms with Gasteiger partial charge in [0.15, 0.2) is 0 Å². The number of carboxylic acids is 1. The normalized spacial score (nSPS) is 13.6. The molecular formula is C44H34N4O3. The first-order chi connectivity index (χ1) is 25.1. The summed E-state index contributed by atoms with van der Waals surface area (Å²) in [5.41, 5.74) is 7.66. The van der Waals surface area contributed by atoms with E-state index >= 15 is 0 Å². The van der Waals surface area contributed by atoms with E-state index in [1.165, 1.54) is 6.42 Å². The Morgan fingerprint density at radius 1 is 0.706 bits per heavy atom. The lowest BCUT2D eigenvalue weighted by Crippen LogP contribution is -2.14. The molecule has 1 aliphatic rings. The number of carboxylic acid groups (broad SMARTS) is 1. The zero-order chi connectivity index (χ0) is 34.3. The number of hydrogen-bond donors (Lipinski definition) is 1. The number of carbonyl (C=O) groups is 1. The van der Waals surface area contributed by atoms with E-state index in [2.05, 4.69) is 33.8 Å². The number of pyridine rings is 2. The van der Waals surface area contributed by atoms with Crippen LogP contribution < -0.4 is 4.74 Å². The molecule has 1 fully saturated rings. The third kappa shape index (κ3) is 5.66. The number of ether oxygens (including phenoxy) is 1. The Bertz CT molecular complexity index is 2570. The maximum absolute atomic E-state index is 12.8. The zero-order valence-electron chi connectivity index (χ0n) is 27.9. The van der Waals surface area contributed by atoms with Crippen molar-refractivity contribution in [3.8, 4) is 45.3 Å². The molecule has 0 spiro atoms. The topological polar surface area (TPSA) is 90.1 Å². The van der Waals surface area contributed by atoms with Crippen LogP contribution in [0.2, 0.25) is 0 Å². The molecule has 0 aliphatic heterocycles. The summed E-state index contributed by atoms with van der Waals surface area (Å²) in [5.74, 6) is 1.26. The molecule has 0 amide bonds. The van der Waals surface area contributed by atoms with E-state index in [4.69, 9.17) is 14.7 Å². The van der Waals surface area contributed by atoms with Gasteiger partial charge in [-0.25, -0.2) is 14.8 Å². The van der Waals surface area contributed by atoms with Crippen molar-refractivity contribution in [3.05, 3.63) is 139 Å². The van der Waals surface area contributed by atoms with Crippen molar-refractivity contribution in [1.82, 2.24) is 19.5 Å². The van der Waals surface area contributed by atoms with E-state index in [1.807, 2.05) is 97.1 Å². The van der Waals surface area contributed by atoms with E-state index in [0.29, 0.717) is 16.8 Å². The number of rotatable bonds is 7. The van der Waals surface area contributed by atoms with Gasteiger partial charge in [-0.15, -0.1) is 0 Å². The van der Waals surface area contributed by atoms with Crippen molar-refractivity contribution >= 4 is 38.8 Å². The standard InChI is InChI=1S/C44H34N4O3/c49-44(50)34-20-23-39-42(41(34)30-18-21-36-29(25-30)13-10-24-45-36)47-43(48(39)32-14-6-2-7-15-32)31-19-22-37-35(26-31)40(51-33-16-8-3-9-17-33)27-38(46-37)28-11-4-1-5-12-28/h1,3-5,8-13,16-27,32H,2,6-7,14-15H2,(H,49,50). The van der Waals surface area contributed by atoms with E-state index in [-0.39, 0.29) is 11.6 Å². The van der Waals surface area contributed by atoms with Crippen LogP contribution in [0.5, 0.6) is 11.5 Å².